The van der Waals surface area contributed by atoms with Crippen LogP contribution >= 0.6 is 0 Å². The Balaban J connectivity index is 2.57. The molecule has 1 rings (SSSR count). The second-order valence-electron chi connectivity index (χ2n) is 3.03. The number of ether oxygens (including phenoxy) is 3. The largest absolute Gasteiger partial charge is 0.394 e. The lowest BCUT2D eigenvalue weighted by Gasteiger charge is -2.37. The van der Waals surface area contributed by atoms with Crippen LogP contribution in [0.3, 0.4) is 0 Å². The Hall–Kier alpha value is -0.200. The third kappa shape index (κ3) is 2.38. The molecule has 0 radical (unpaired) electrons. The number of aliphatic hydroxyl groups is 2. The monoisotopic (exact) mass is 192 g/mol. The quantitative estimate of drug-likeness (QED) is 0.607. The molecule has 2 N–H and O–H groups in total. The van der Waals surface area contributed by atoms with Crippen molar-refractivity contribution in [2.24, 2.45) is 0 Å². The van der Waals surface area contributed by atoms with Crippen molar-refractivity contribution in [3.63, 3.8) is 0 Å². The van der Waals surface area contributed by atoms with Crippen molar-refractivity contribution >= 4 is 0 Å². The van der Waals surface area contributed by atoms with E-state index in [-0.39, 0.29) is 6.61 Å². The zero-order chi connectivity index (χ0) is 9.84. The summed E-state index contributed by atoms with van der Waals surface area (Å²) in [6.07, 6.45) is -1.74. The van der Waals surface area contributed by atoms with Crippen molar-refractivity contribution in [1.29, 1.82) is 0 Å². The maximum atomic E-state index is 9.58. The van der Waals surface area contributed by atoms with E-state index in [2.05, 4.69) is 0 Å². The first kappa shape index (κ1) is 10.9. The van der Waals surface area contributed by atoms with Crippen LogP contribution < -0.4 is 0 Å². The van der Waals surface area contributed by atoms with Gasteiger partial charge in [-0.25, -0.2) is 0 Å². The lowest BCUT2D eigenvalue weighted by Crippen LogP contribution is -2.51. The van der Waals surface area contributed by atoms with Crippen molar-refractivity contribution < 1.29 is 24.4 Å². The Bertz CT molecular complexity index is 151. The van der Waals surface area contributed by atoms with E-state index < -0.39 is 24.6 Å². The van der Waals surface area contributed by atoms with E-state index in [0.29, 0.717) is 6.42 Å². The van der Waals surface area contributed by atoms with Gasteiger partial charge in [0.2, 0.25) is 0 Å². The van der Waals surface area contributed by atoms with Gasteiger partial charge in [0.25, 0.3) is 0 Å². The highest BCUT2D eigenvalue weighted by Crippen LogP contribution is 2.22. The first-order chi connectivity index (χ1) is 6.22. The maximum Gasteiger partial charge on any atom is 0.160 e. The van der Waals surface area contributed by atoms with E-state index >= 15 is 0 Å². The zero-order valence-electron chi connectivity index (χ0n) is 7.84. The fraction of sp³-hybridized carbons (Fsp3) is 1.00. The van der Waals surface area contributed by atoms with Crippen LogP contribution in [-0.2, 0) is 14.2 Å². The number of rotatable bonds is 3. The summed E-state index contributed by atoms with van der Waals surface area (Å²) in [5.74, 6) is 0. The van der Waals surface area contributed by atoms with Crippen molar-refractivity contribution in [1.82, 2.24) is 0 Å². The summed E-state index contributed by atoms with van der Waals surface area (Å²) in [5, 5.41) is 18.5. The minimum absolute atomic E-state index is 0.185. The predicted octanol–water partition coefficient (Wildman–Crippen LogP) is -0.884. The number of methoxy groups -OCH3 is 2. The molecule has 1 saturated heterocycles. The Morgan fingerprint density at radius 3 is 2.54 bits per heavy atom. The molecule has 1 aliphatic rings. The molecule has 0 aromatic heterocycles. The van der Waals surface area contributed by atoms with Gasteiger partial charge in [-0.05, 0) is 0 Å². The first-order valence-corrected chi connectivity index (χ1v) is 4.23. The van der Waals surface area contributed by atoms with E-state index in [1.165, 1.54) is 14.2 Å². The Labute approximate surface area is 77.2 Å². The molecular formula is C8H16O5. The molecule has 0 aromatic carbocycles. The van der Waals surface area contributed by atoms with Crippen LogP contribution in [0.4, 0.5) is 0 Å². The highest BCUT2D eigenvalue weighted by atomic mass is 16.7. The molecule has 5 nitrogen and oxygen atoms in total. The van der Waals surface area contributed by atoms with Gasteiger partial charge in [0, 0.05) is 20.6 Å². The SMILES string of the molecule is COC1CC(O)C(OC)C(CO)O1. The minimum Gasteiger partial charge on any atom is -0.394 e. The first-order valence-electron chi connectivity index (χ1n) is 4.23. The van der Waals surface area contributed by atoms with Crippen LogP contribution in [0.25, 0.3) is 0 Å². The minimum atomic E-state index is -0.652. The van der Waals surface area contributed by atoms with Crippen molar-refractivity contribution in [3.05, 3.63) is 0 Å². The van der Waals surface area contributed by atoms with Gasteiger partial charge in [0.15, 0.2) is 6.29 Å². The third-order valence-corrected chi connectivity index (χ3v) is 2.22. The van der Waals surface area contributed by atoms with Crippen LogP contribution in [0.2, 0.25) is 0 Å². The topological polar surface area (TPSA) is 68.2 Å². The highest BCUT2D eigenvalue weighted by Gasteiger charge is 2.37. The summed E-state index contributed by atoms with van der Waals surface area (Å²) in [6.45, 7) is -0.185. The molecule has 0 aromatic rings. The smallest absolute Gasteiger partial charge is 0.160 e. The molecule has 78 valence electrons. The third-order valence-electron chi connectivity index (χ3n) is 2.22. The van der Waals surface area contributed by atoms with E-state index in [9.17, 15) is 5.11 Å². The van der Waals surface area contributed by atoms with E-state index in [1.54, 1.807) is 0 Å². The summed E-state index contributed by atoms with van der Waals surface area (Å²) < 4.78 is 15.2. The van der Waals surface area contributed by atoms with Gasteiger partial charge in [0.05, 0.1) is 12.7 Å². The summed E-state index contributed by atoms with van der Waals surface area (Å²) in [5.41, 5.74) is 0. The van der Waals surface area contributed by atoms with Crippen LogP contribution in [-0.4, -0.2) is 55.6 Å². The van der Waals surface area contributed by atoms with E-state index in [1.807, 2.05) is 0 Å². The van der Waals surface area contributed by atoms with Gasteiger partial charge in [0.1, 0.15) is 12.2 Å². The van der Waals surface area contributed by atoms with E-state index in [0.717, 1.165) is 0 Å². The molecule has 1 fully saturated rings. The van der Waals surface area contributed by atoms with Crippen molar-refractivity contribution in [3.8, 4) is 0 Å². The Morgan fingerprint density at radius 2 is 2.08 bits per heavy atom. The summed E-state index contributed by atoms with van der Waals surface area (Å²) in [4.78, 5) is 0. The highest BCUT2D eigenvalue weighted by molar-refractivity contribution is 4.83. The van der Waals surface area contributed by atoms with Crippen LogP contribution in [0.1, 0.15) is 6.42 Å². The molecule has 4 atom stereocenters. The maximum absolute atomic E-state index is 9.58. The van der Waals surface area contributed by atoms with Gasteiger partial charge in [-0.2, -0.15) is 0 Å². The molecule has 0 bridgehead atoms. The van der Waals surface area contributed by atoms with Crippen molar-refractivity contribution in [2.75, 3.05) is 20.8 Å². The summed E-state index contributed by atoms with van der Waals surface area (Å²) in [6, 6.07) is 0. The lowest BCUT2D eigenvalue weighted by molar-refractivity contribution is -0.253. The summed E-state index contributed by atoms with van der Waals surface area (Å²) in [7, 11) is 2.98. The Kier molecular flexibility index (Phi) is 4.08. The molecule has 5 heteroatoms. The molecule has 0 amide bonds. The second-order valence-corrected chi connectivity index (χ2v) is 3.03. The molecule has 0 aliphatic carbocycles. The molecular weight excluding hydrogens is 176 g/mol. The average molecular weight is 192 g/mol. The molecule has 0 spiro atoms. The number of hydrogen-bond donors (Lipinski definition) is 2. The van der Waals surface area contributed by atoms with Gasteiger partial charge in [-0.1, -0.05) is 0 Å². The normalized spacial score (nSPS) is 40.6. The summed E-state index contributed by atoms with van der Waals surface area (Å²) >= 11 is 0. The number of hydrogen-bond acceptors (Lipinski definition) is 5. The lowest BCUT2D eigenvalue weighted by atomic mass is 10.0. The molecule has 1 heterocycles. The number of aliphatic hydroxyl groups excluding tert-OH is 2. The molecule has 0 saturated carbocycles. The second kappa shape index (κ2) is 4.88. The molecule has 4 unspecified atom stereocenters. The standard InChI is InChI=1S/C8H16O5/c1-11-7-3-5(10)8(12-2)6(4-9)13-7/h5-10H,3-4H2,1-2H3. The van der Waals surface area contributed by atoms with Gasteiger partial charge in [-0.3, -0.25) is 0 Å². The van der Waals surface area contributed by atoms with Gasteiger partial charge >= 0.3 is 0 Å². The van der Waals surface area contributed by atoms with E-state index in [4.69, 9.17) is 19.3 Å². The average Bonchev–Trinajstić information content (AvgIpc) is 2.16. The molecule has 1 aliphatic heterocycles. The van der Waals surface area contributed by atoms with Gasteiger partial charge in [-0.15, -0.1) is 0 Å². The Morgan fingerprint density at radius 1 is 1.38 bits per heavy atom. The van der Waals surface area contributed by atoms with Crippen molar-refractivity contribution in [2.45, 2.75) is 31.0 Å². The fourth-order valence-electron chi connectivity index (χ4n) is 1.51. The molecule has 13 heavy (non-hydrogen) atoms. The van der Waals surface area contributed by atoms with Crippen LogP contribution in [0.5, 0.6) is 0 Å². The van der Waals surface area contributed by atoms with Crippen LogP contribution in [0, 0.1) is 0 Å². The predicted molar refractivity (Wildman–Crippen MR) is 44.2 cm³/mol. The fourth-order valence-corrected chi connectivity index (χ4v) is 1.51. The van der Waals surface area contributed by atoms with Gasteiger partial charge < -0.3 is 24.4 Å². The zero-order valence-corrected chi connectivity index (χ0v) is 7.84. The van der Waals surface area contributed by atoms with Crippen LogP contribution in [0.15, 0.2) is 0 Å².